The van der Waals surface area contributed by atoms with Crippen molar-refractivity contribution in [3.05, 3.63) is 35.5 Å². The van der Waals surface area contributed by atoms with E-state index in [4.69, 9.17) is 4.74 Å². The Balaban J connectivity index is 1.93. The third-order valence-corrected chi connectivity index (χ3v) is 3.86. The number of ketones is 1. The van der Waals surface area contributed by atoms with E-state index in [0.29, 0.717) is 5.78 Å². The quantitative estimate of drug-likeness (QED) is 0.747. The van der Waals surface area contributed by atoms with Crippen molar-refractivity contribution in [2.75, 3.05) is 20.2 Å². The predicted molar refractivity (Wildman–Crippen MR) is 70.3 cm³/mol. The van der Waals surface area contributed by atoms with Crippen LogP contribution in [0, 0.1) is 5.92 Å². The first-order valence-electron chi connectivity index (χ1n) is 6.43. The van der Waals surface area contributed by atoms with Crippen LogP contribution in [-0.2, 0) is 4.79 Å². The minimum absolute atomic E-state index is 0.256. The topological polar surface area (TPSA) is 29.5 Å². The Hall–Kier alpha value is -1.77. The number of methoxy groups -OCH3 is 1. The number of rotatable bonds is 2. The molecule has 0 aromatic heterocycles. The van der Waals surface area contributed by atoms with Gasteiger partial charge in [-0.1, -0.05) is 12.1 Å². The Bertz CT molecular complexity index is 499. The van der Waals surface area contributed by atoms with E-state index < -0.39 is 0 Å². The SMILES string of the molecule is COc1cccc(/C=C2/C(=O)C3CCN2CC3)c1. The lowest BCUT2D eigenvalue weighted by molar-refractivity contribution is -0.125. The van der Waals surface area contributed by atoms with Crippen LogP contribution in [0.15, 0.2) is 30.0 Å². The van der Waals surface area contributed by atoms with Gasteiger partial charge in [-0.05, 0) is 36.6 Å². The number of carbonyl (C=O) groups excluding carboxylic acids is 1. The van der Waals surface area contributed by atoms with E-state index in [0.717, 1.165) is 42.9 Å². The first kappa shape index (κ1) is 11.3. The molecule has 1 aromatic carbocycles. The molecule has 0 saturated carbocycles. The molecule has 3 saturated heterocycles. The predicted octanol–water partition coefficient (Wildman–Crippen LogP) is 2.33. The zero-order valence-corrected chi connectivity index (χ0v) is 10.6. The first-order chi connectivity index (χ1) is 8.78. The van der Waals surface area contributed by atoms with Gasteiger partial charge in [-0.3, -0.25) is 4.79 Å². The molecule has 0 amide bonds. The van der Waals surface area contributed by atoms with Crippen molar-refractivity contribution >= 4 is 11.9 Å². The minimum atomic E-state index is 0.256. The summed E-state index contributed by atoms with van der Waals surface area (Å²) in [5.74, 6) is 1.40. The summed E-state index contributed by atoms with van der Waals surface area (Å²) in [5.41, 5.74) is 1.91. The fraction of sp³-hybridized carbons (Fsp3) is 0.400. The maximum absolute atomic E-state index is 12.2. The highest BCUT2D eigenvalue weighted by molar-refractivity contribution is 6.01. The van der Waals surface area contributed by atoms with Gasteiger partial charge in [0, 0.05) is 19.0 Å². The molecule has 0 radical (unpaired) electrons. The van der Waals surface area contributed by atoms with E-state index in [9.17, 15) is 4.79 Å². The van der Waals surface area contributed by atoms with Crippen LogP contribution in [0.25, 0.3) is 6.08 Å². The number of hydrogen-bond donors (Lipinski definition) is 0. The lowest BCUT2D eigenvalue weighted by Crippen LogP contribution is -2.45. The number of ether oxygens (including phenoxy) is 1. The summed E-state index contributed by atoms with van der Waals surface area (Å²) in [6, 6.07) is 7.83. The maximum atomic E-state index is 12.2. The zero-order chi connectivity index (χ0) is 12.5. The highest BCUT2D eigenvalue weighted by atomic mass is 16.5. The Morgan fingerprint density at radius 1 is 1.33 bits per heavy atom. The summed E-state index contributed by atoms with van der Waals surface area (Å²) in [4.78, 5) is 14.4. The van der Waals surface area contributed by atoms with Crippen molar-refractivity contribution in [2.45, 2.75) is 12.8 Å². The molecule has 2 bridgehead atoms. The van der Waals surface area contributed by atoms with Crippen molar-refractivity contribution in [3.8, 4) is 5.75 Å². The molecule has 3 heteroatoms. The van der Waals surface area contributed by atoms with Gasteiger partial charge in [-0.25, -0.2) is 0 Å². The molecule has 0 atom stereocenters. The molecular weight excluding hydrogens is 226 g/mol. The average Bonchev–Trinajstić information content (AvgIpc) is 2.43. The number of allylic oxidation sites excluding steroid dienone is 1. The number of nitrogens with zero attached hydrogens (tertiary/aromatic N) is 1. The van der Waals surface area contributed by atoms with Crippen LogP contribution >= 0.6 is 0 Å². The van der Waals surface area contributed by atoms with Gasteiger partial charge in [0.15, 0.2) is 5.78 Å². The van der Waals surface area contributed by atoms with Gasteiger partial charge in [0.25, 0.3) is 0 Å². The Kier molecular flexibility index (Phi) is 2.82. The average molecular weight is 243 g/mol. The van der Waals surface area contributed by atoms with E-state index in [2.05, 4.69) is 4.90 Å². The van der Waals surface area contributed by atoms with E-state index in [1.807, 2.05) is 30.3 Å². The molecule has 0 unspecified atom stereocenters. The summed E-state index contributed by atoms with van der Waals surface area (Å²) in [7, 11) is 1.66. The molecular formula is C15H17NO2. The second-order valence-electron chi connectivity index (χ2n) is 4.93. The Morgan fingerprint density at radius 2 is 2.11 bits per heavy atom. The monoisotopic (exact) mass is 243 g/mol. The highest BCUT2D eigenvalue weighted by Gasteiger charge is 2.36. The first-order valence-corrected chi connectivity index (χ1v) is 6.43. The van der Waals surface area contributed by atoms with E-state index >= 15 is 0 Å². The van der Waals surface area contributed by atoms with E-state index in [1.165, 1.54) is 0 Å². The number of Topliss-reactive ketones (excluding diaryl/α,β-unsaturated/α-hetero) is 1. The maximum Gasteiger partial charge on any atom is 0.182 e. The van der Waals surface area contributed by atoms with Crippen LogP contribution < -0.4 is 4.74 Å². The number of hydrogen-bond acceptors (Lipinski definition) is 3. The molecule has 3 fully saturated rings. The van der Waals surface area contributed by atoms with Gasteiger partial charge in [0.1, 0.15) is 5.75 Å². The molecule has 1 aromatic rings. The van der Waals surface area contributed by atoms with Crippen molar-refractivity contribution in [3.63, 3.8) is 0 Å². The molecule has 3 heterocycles. The standard InChI is InChI=1S/C15H17NO2/c1-18-13-4-2-3-11(9-13)10-14-15(17)12-5-7-16(14)8-6-12/h2-4,9-10,12H,5-8H2,1H3/b14-10-. The minimum Gasteiger partial charge on any atom is -0.497 e. The van der Waals surface area contributed by atoms with Gasteiger partial charge >= 0.3 is 0 Å². The number of piperidine rings is 3. The molecule has 18 heavy (non-hydrogen) atoms. The van der Waals surface area contributed by atoms with Crippen LogP contribution in [0.3, 0.4) is 0 Å². The number of carbonyl (C=O) groups is 1. The normalized spacial score (nSPS) is 21.7. The second kappa shape index (κ2) is 4.48. The van der Waals surface area contributed by atoms with Gasteiger partial charge in [0.05, 0.1) is 12.8 Å². The molecule has 94 valence electrons. The fourth-order valence-electron chi connectivity index (χ4n) is 2.80. The largest absolute Gasteiger partial charge is 0.497 e. The van der Waals surface area contributed by atoms with Crippen LogP contribution in [0.5, 0.6) is 5.75 Å². The van der Waals surface area contributed by atoms with E-state index in [1.54, 1.807) is 7.11 Å². The van der Waals surface area contributed by atoms with Crippen molar-refractivity contribution in [1.29, 1.82) is 0 Å². The Labute approximate surface area is 107 Å². The summed E-state index contributed by atoms with van der Waals surface area (Å²) in [6.07, 6.45) is 4.04. The van der Waals surface area contributed by atoms with Gasteiger partial charge in [0.2, 0.25) is 0 Å². The lowest BCUT2D eigenvalue weighted by Gasteiger charge is -2.41. The molecule has 0 aliphatic carbocycles. The zero-order valence-electron chi connectivity index (χ0n) is 10.6. The summed E-state index contributed by atoms with van der Waals surface area (Å²) in [6.45, 7) is 2.04. The van der Waals surface area contributed by atoms with Crippen molar-refractivity contribution in [1.82, 2.24) is 4.90 Å². The highest BCUT2D eigenvalue weighted by Crippen LogP contribution is 2.32. The summed E-state index contributed by atoms with van der Waals surface area (Å²) in [5, 5.41) is 0. The third kappa shape index (κ3) is 1.90. The second-order valence-corrected chi connectivity index (χ2v) is 4.93. The van der Waals surface area contributed by atoms with Gasteiger partial charge < -0.3 is 9.64 Å². The Morgan fingerprint density at radius 3 is 2.78 bits per heavy atom. The van der Waals surface area contributed by atoms with Gasteiger partial charge in [-0.2, -0.15) is 0 Å². The lowest BCUT2D eigenvalue weighted by atomic mass is 9.84. The molecule has 3 aliphatic rings. The van der Waals surface area contributed by atoms with E-state index in [-0.39, 0.29) is 5.92 Å². The number of fused-ring (bicyclic) bond motifs is 3. The molecule has 0 N–H and O–H groups in total. The summed E-state index contributed by atoms with van der Waals surface area (Å²) < 4.78 is 5.21. The van der Waals surface area contributed by atoms with Crippen LogP contribution in [0.1, 0.15) is 18.4 Å². The van der Waals surface area contributed by atoms with Gasteiger partial charge in [-0.15, -0.1) is 0 Å². The summed E-state index contributed by atoms with van der Waals surface area (Å²) >= 11 is 0. The van der Waals surface area contributed by atoms with Crippen LogP contribution in [-0.4, -0.2) is 30.9 Å². The van der Waals surface area contributed by atoms with Crippen LogP contribution in [0.2, 0.25) is 0 Å². The smallest absolute Gasteiger partial charge is 0.182 e. The number of benzene rings is 1. The molecule has 4 rings (SSSR count). The van der Waals surface area contributed by atoms with Crippen molar-refractivity contribution in [2.24, 2.45) is 5.92 Å². The third-order valence-electron chi connectivity index (χ3n) is 3.86. The van der Waals surface area contributed by atoms with Crippen molar-refractivity contribution < 1.29 is 9.53 Å². The molecule has 3 nitrogen and oxygen atoms in total. The fourth-order valence-corrected chi connectivity index (χ4v) is 2.80. The molecule has 0 spiro atoms. The molecule has 3 aliphatic heterocycles. The van der Waals surface area contributed by atoms with Crippen LogP contribution in [0.4, 0.5) is 0 Å².